The molecule has 25 heavy (non-hydrogen) atoms. The van der Waals surface area contributed by atoms with Crippen LogP contribution in [0.5, 0.6) is 5.75 Å². The summed E-state index contributed by atoms with van der Waals surface area (Å²) in [7, 11) is 1.70. The average Bonchev–Trinajstić information content (AvgIpc) is 2.63. The summed E-state index contributed by atoms with van der Waals surface area (Å²) in [6, 6.07) is 11.4. The summed E-state index contributed by atoms with van der Waals surface area (Å²) >= 11 is 0. The number of aryl methyl sites for hydroxylation is 1. The van der Waals surface area contributed by atoms with Crippen LogP contribution in [0.1, 0.15) is 21.6 Å². The first-order valence-corrected chi connectivity index (χ1v) is 8.38. The number of carboxylic acids is 1. The number of methoxy groups -OCH3 is 1. The molecular formula is C19H23N3O3. The Morgan fingerprint density at radius 2 is 1.96 bits per heavy atom. The Hall–Kier alpha value is -2.60. The summed E-state index contributed by atoms with van der Waals surface area (Å²) in [6.07, 6.45) is 0. The number of rotatable bonds is 5. The van der Waals surface area contributed by atoms with Gasteiger partial charge in [0.25, 0.3) is 0 Å². The van der Waals surface area contributed by atoms with Crippen LogP contribution >= 0.6 is 0 Å². The van der Waals surface area contributed by atoms with Crippen molar-refractivity contribution in [1.82, 2.24) is 9.88 Å². The Morgan fingerprint density at radius 1 is 1.20 bits per heavy atom. The molecule has 0 bridgehead atoms. The van der Waals surface area contributed by atoms with Crippen molar-refractivity contribution in [2.45, 2.75) is 13.5 Å². The molecule has 1 aromatic carbocycles. The summed E-state index contributed by atoms with van der Waals surface area (Å²) in [5.41, 5.74) is 2.51. The predicted molar refractivity (Wildman–Crippen MR) is 96.4 cm³/mol. The molecule has 1 aromatic heterocycles. The number of ether oxygens (including phenoxy) is 1. The van der Waals surface area contributed by atoms with Gasteiger partial charge in [0.2, 0.25) is 0 Å². The molecule has 0 aliphatic carbocycles. The van der Waals surface area contributed by atoms with E-state index in [1.54, 1.807) is 13.2 Å². The Bertz CT molecular complexity index is 755. The van der Waals surface area contributed by atoms with Crippen molar-refractivity contribution in [3.05, 3.63) is 53.2 Å². The lowest BCUT2D eigenvalue weighted by atomic mass is 10.1. The van der Waals surface area contributed by atoms with Crippen molar-refractivity contribution in [3.8, 4) is 5.75 Å². The number of pyridine rings is 1. The smallest absolute Gasteiger partial charge is 0.354 e. The van der Waals surface area contributed by atoms with E-state index >= 15 is 0 Å². The van der Waals surface area contributed by atoms with Gasteiger partial charge in [-0.05, 0) is 25.1 Å². The van der Waals surface area contributed by atoms with Crippen LogP contribution in [0.3, 0.4) is 0 Å². The third kappa shape index (κ3) is 4.09. The number of aromatic carboxylic acids is 1. The molecule has 3 rings (SSSR count). The van der Waals surface area contributed by atoms with E-state index in [1.807, 2.05) is 12.1 Å². The van der Waals surface area contributed by atoms with Gasteiger partial charge in [0.05, 0.1) is 7.11 Å². The summed E-state index contributed by atoms with van der Waals surface area (Å²) in [4.78, 5) is 19.8. The van der Waals surface area contributed by atoms with Crippen LogP contribution in [0.2, 0.25) is 0 Å². The first-order chi connectivity index (χ1) is 12.1. The first kappa shape index (κ1) is 17.2. The van der Waals surface area contributed by atoms with Gasteiger partial charge in [-0.25, -0.2) is 9.78 Å². The van der Waals surface area contributed by atoms with E-state index in [4.69, 9.17) is 9.84 Å². The monoisotopic (exact) mass is 341 g/mol. The van der Waals surface area contributed by atoms with E-state index < -0.39 is 5.97 Å². The molecule has 132 valence electrons. The number of anilines is 1. The summed E-state index contributed by atoms with van der Waals surface area (Å²) in [6.45, 7) is 6.38. The van der Waals surface area contributed by atoms with E-state index in [9.17, 15) is 4.79 Å². The standard InChI is InChI=1S/C19H23N3O3/c1-14-6-7-17(25-2)15(12-14)13-21-8-10-22(11-9-21)18-5-3-4-16(20-18)19(23)24/h3-7,12H,8-11,13H2,1-2H3,(H,23,24). The zero-order valence-corrected chi connectivity index (χ0v) is 14.6. The minimum absolute atomic E-state index is 0.0874. The Kier molecular flexibility index (Phi) is 5.19. The number of benzene rings is 1. The number of piperazine rings is 1. The predicted octanol–water partition coefficient (Wildman–Crippen LogP) is 2.42. The third-order valence-corrected chi connectivity index (χ3v) is 4.48. The normalized spacial score (nSPS) is 15.2. The van der Waals surface area contributed by atoms with Gasteiger partial charge >= 0.3 is 5.97 Å². The molecule has 6 heteroatoms. The van der Waals surface area contributed by atoms with Crippen LogP contribution in [0.25, 0.3) is 0 Å². The van der Waals surface area contributed by atoms with Gasteiger partial charge in [0, 0.05) is 38.3 Å². The molecule has 0 atom stereocenters. The van der Waals surface area contributed by atoms with Crippen molar-refractivity contribution >= 4 is 11.8 Å². The molecule has 6 nitrogen and oxygen atoms in total. The number of aromatic nitrogens is 1. The van der Waals surface area contributed by atoms with E-state index in [1.165, 1.54) is 17.2 Å². The van der Waals surface area contributed by atoms with Crippen molar-refractivity contribution in [2.75, 3.05) is 38.2 Å². The van der Waals surface area contributed by atoms with Gasteiger partial charge in [-0.15, -0.1) is 0 Å². The lowest BCUT2D eigenvalue weighted by molar-refractivity contribution is 0.0690. The van der Waals surface area contributed by atoms with E-state index in [-0.39, 0.29) is 5.69 Å². The van der Waals surface area contributed by atoms with Gasteiger partial charge in [0.1, 0.15) is 11.6 Å². The molecule has 1 saturated heterocycles. The zero-order valence-electron chi connectivity index (χ0n) is 14.6. The molecule has 1 aliphatic rings. The molecule has 0 amide bonds. The van der Waals surface area contributed by atoms with Crippen molar-refractivity contribution in [2.24, 2.45) is 0 Å². The molecule has 0 saturated carbocycles. The number of hydrogen-bond donors (Lipinski definition) is 1. The Labute approximate surface area is 147 Å². The van der Waals surface area contributed by atoms with Gasteiger partial charge < -0.3 is 14.7 Å². The summed E-state index contributed by atoms with van der Waals surface area (Å²) in [5.74, 6) is 0.656. The number of nitrogens with zero attached hydrogens (tertiary/aromatic N) is 3. The van der Waals surface area contributed by atoms with Crippen molar-refractivity contribution < 1.29 is 14.6 Å². The van der Waals surface area contributed by atoms with Gasteiger partial charge in [-0.2, -0.15) is 0 Å². The average molecular weight is 341 g/mol. The number of carboxylic acid groups (broad SMARTS) is 1. The van der Waals surface area contributed by atoms with Crippen LogP contribution in [-0.2, 0) is 6.54 Å². The van der Waals surface area contributed by atoms with Crippen LogP contribution in [0.15, 0.2) is 36.4 Å². The molecule has 1 fully saturated rings. The number of carbonyl (C=O) groups is 1. The van der Waals surface area contributed by atoms with Gasteiger partial charge in [0.15, 0.2) is 5.69 Å². The fourth-order valence-corrected chi connectivity index (χ4v) is 3.13. The summed E-state index contributed by atoms with van der Waals surface area (Å²) < 4.78 is 5.47. The highest BCUT2D eigenvalue weighted by Crippen LogP contribution is 2.22. The van der Waals surface area contributed by atoms with Gasteiger partial charge in [-0.3, -0.25) is 4.90 Å². The lowest BCUT2D eigenvalue weighted by Crippen LogP contribution is -2.46. The van der Waals surface area contributed by atoms with Crippen LogP contribution in [0, 0.1) is 6.92 Å². The van der Waals surface area contributed by atoms with Crippen LogP contribution < -0.4 is 9.64 Å². The summed E-state index contributed by atoms with van der Waals surface area (Å²) in [5, 5.41) is 9.08. The number of hydrogen-bond acceptors (Lipinski definition) is 5. The topological polar surface area (TPSA) is 65.9 Å². The fraction of sp³-hybridized carbons (Fsp3) is 0.368. The van der Waals surface area contributed by atoms with E-state index in [0.29, 0.717) is 0 Å². The lowest BCUT2D eigenvalue weighted by Gasteiger charge is -2.35. The first-order valence-electron chi connectivity index (χ1n) is 8.38. The second-order valence-corrected chi connectivity index (χ2v) is 6.26. The Morgan fingerprint density at radius 3 is 2.64 bits per heavy atom. The van der Waals surface area contributed by atoms with Crippen LogP contribution in [-0.4, -0.2) is 54.2 Å². The second kappa shape index (κ2) is 7.53. The third-order valence-electron chi connectivity index (χ3n) is 4.48. The molecule has 0 unspecified atom stereocenters. The van der Waals surface area contributed by atoms with E-state index in [0.717, 1.165) is 44.3 Å². The molecule has 2 aromatic rings. The maximum absolute atomic E-state index is 11.1. The van der Waals surface area contributed by atoms with Crippen molar-refractivity contribution in [1.29, 1.82) is 0 Å². The molecular weight excluding hydrogens is 318 g/mol. The highest BCUT2D eigenvalue weighted by Gasteiger charge is 2.20. The maximum Gasteiger partial charge on any atom is 0.354 e. The highest BCUT2D eigenvalue weighted by molar-refractivity contribution is 5.85. The molecule has 2 heterocycles. The Balaban J connectivity index is 1.63. The minimum atomic E-state index is -0.993. The largest absolute Gasteiger partial charge is 0.496 e. The van der Waals surface area contributed by atoms with Gasteiger partial charge in [-0.1, -0.05) is 23.8 Å². The molecule has 1 aliphatic heterocycles. The molecule has 0 spiro atoms. The molecule has 1 N–H and O–H groups in total. The maximum atomic E-state index is 11.1. The van der Waals surface area contributed by atoms with E-state index in [2.05, 4.69) is 33.8 Å². The quantitative estimate of drug-likeness (QED) is 0.901. The second-order valence-electron chi connectivity index (χ2n) is 6.26. The van der Waals surface area contributed by atoms with Crippen LogP contribution in [0.4, 0.5) is 5.82 Å². The fourth-order valence-electron chi connectivity index (χ4n) is 3.13. The highest BCUT2D eigenvalue weighted by atomic mass is 16.5. The van der Waals surface area contributed by atoms with Crippen molar-refractivity contribution in [3.63, 3.8) is 0 Å². The minimum Gasteiger partial charge on any atom is -0.496 e. The zero-order chi connectivity index (χ0) is 17.8. The molecule has 0 radical (unpaired) electrons. The SMILES string of the molecule is COc1ccc(C)cc1CN1CCN(c2cccc(C(=O)O)n2)CC1.